The highest BCUT2D eigenvalue weighted by molar-refractivity contribution is 7.98. The molecule has 0 spiro atoms. The Kier molecular flexibility index (Phi) is 5.99. The summed E-state index contributed by atoms with van der Waals surface area (Å²) in [5, 5.41) is 6.41. The number of hydrogen-bond acceptors (Lipinski definition) is 5. The van der Waals surface area contributed by atoms with E-state index in [0.717, 1.165) is 36.0 Å². The Hall–Kier alpha value is -1.56. The lowest BCUT2D eigenvalue weighted by molar-refractivity contribution is -0.122. The second-order valence-corrected chi connectivity index (χ2v) is 8.22. The first-order chi connectivity index (χ1) is 12.0. The molecule has 1 saturated carbocycles. The molecule has 0 aliphatic heterocycles. The van der Waals surface area contributed by atoms with E-state index in [1.807, 2.05) is 19.9 Å². The fraction of sp³-hybridized carbons (Fsp3) is 0.632. The molecule has 4 atom stereocenters. The molecule has 2 aliphatic carbocycles. The molecule has 0 radical (unpaired) electrons. The number of nitrogens with one attached hydrogen (secondary N) is 2. The van der Waals surface area contributed by atoms with Crippen molar-refractivity contribution in [3.05, 3.63) is 29.6 Å². The lowest BCUT2D eigenvalue weighted by atomic mass is 9.93. The van der Waals surface area contributed by atoms with Crippen LogP contribution in [0, 0.1) is 31.6 Å². The van der Waals surface area contributed by atoms with Crippen molar-refractivity contribution in [2.75, 3.05) is 23.9 Å². The van der Waals surface area contributed by atoms with Crippen molar-refractivity contribution in [2.45, 2.75) is 39.2 Å². The van der Waals surface area contributed by atoms with Crippen molar-refractivity contribution in [3.8, 4) is 0 Å². The predicted molar refractivity (Wildman–Crippen MR) is 104 cm³/mol. The smallest absolute Gasteiger partial charge is 0.242 e. The maximum atomic E-state index is 12.7. The van der Waals surface area contributed by atoms with Crippen molar-refractivity contribution >= 4 is 23.6 Å². The fourth-order valence-electron chi connectivity index (χ4n) is 3.94. The molecule has 1 heterocycles. The number of hydrogen-bond donors (Lipinski definition) is 2. The Morgan fingerprint density at radius 2 is 2.04 bits per heavy atom. The van der Waals surface area contributed by atoms with E-state index in [-0.39, 0.29) is 11.9 Å². The average Bonchev–Trinajstić information content (AvgIpc) is 3.18. The van der Waals surface area contributed by atoms with Crippen LogP contribution in [0.5, 0.6) is 0 Å². The van der Waals surface area contributed by atoms with E-state index in [9.17, 15) is 4.79 Å². The van der Waals surface area contributed by atoms with E-state index in [4.69, 9.17) is 0 Å². The molecular weight excluding hydrogens is 332 g/mol. The van der Waals surface area contributed by atoms with Crippen LogP contribution < -0.4 is 10.6 Å². The number of carbonyl (C=O) groups excluding carboxylic acids is 1. The van der Waals surface area contributed by atoms with Gasteiger partial charge in [-0.15, -0.1) is 0 Å². The third-order valence-electron chi connectivity index (χ3n) is 5.17. The Bertz CT molecular complexity index is 628. The topological polar surface area (TPSA) is 66.9 Å². The standard InChI is InChI=1S/C19H28N4OS/c1-12-8-13(2)22-19(21-12)23-17(6-7-25-3)18(24)20-11-16-10-14-4-5-15(16)9-14/h4-5,8,14-17H,6-7,9-11H2,1-3H3,(H,20,24)(H,21,22,23)/t14-,15-,16-,17+/m0/s1. The minimum absolute atomic E-state index is 0.0589. The molecule has 1 amide bonds. The van der Waals surface area contributed by atoms with Gasteiger partial charge in [-0.1, -0.05) is 12.2 Å². The maximum Gasteiger partial charge on any atom is 0.242 e. The van der Waals surface area contributed by atoms with Crippen molar-refractivity contribution < 1.29 is 4.79 Å². The molecule has 6 heteroatoms. The van der Waals surface area contributed by atoms with Gasteiger partial charge < -0.3 is 10.6 Å². The van der Waals surface area contributed by atoms with Crippen molar-refractivity contribution in [2.24, 2.45) is 17.8 Å². The van der Waals surface area contributed by atoms with E-state index >= 15 is 0 Å². The molecule has 2 aliphatic rings. The molecule has 2 N–H and O–H groups in total. The summed E-state index contributed by atoms with van der Waals surface area (Å²) in [6.07, 6.45) is 9.97. The molecular formula is C19H28N4OS. The zero-order valence-corrected chi connectivity index (χ0v) is 16.1. The largest absolute Gasteiger partial charge is 0.354 e. The van der Waals surface area contributed by atoms with Gasteiger partial charge in [0.1, 0.15) is 6.04 Å². The van der Waals surface area contributed by atoms with Crippen LogP contribution in [0.4, 0.5) is 5.95 Å². The average molecular weight is 361 g/mol. The van der Waals surface area contributed by atoms with Crippen molar-refractivity contribution in [1.29, 1.82) is 0 Å². The third kappa shape index (κ3) is 4.75. The number of aryl methyl sites for hydroxylation is 2. The van der Waals surface area contributed by atoms with E-state index in [0.29, 0.717) is 17.8 Å². The quantitative estimate of drug-likeness (QED) is 0.698. The van der Waals surface area contributed by atoms with Crippen LogP contribution in [0.15, 0.2) is 18.2 Å². The van der Waals surface area contributed by atoms with Crippen LogP contribution in [0.25, 0.3) is 0 Å². The first-order valence-corrected chi connectivity index (χ1v) is 10.5. The molecule has 1 fully saturated rings. The molecule has 136 valence electrons. The van der Waals surface area contributed by atoms with Crippen LogP contribution >= 0.6 is 11.8 Å². The van der Waals surface area contributed by atoms with Crippen LogP contribution in [0.2, 0.25) is 0 Å². The summed E-state index contributed by atoms with van der Waals surface area (Å²) in [5.74, 6) is 3.52. The van der Waals surface area contributed by atoms with E-state index < -0.39 is 0 Å². The van der Waals surface area contributed by atoms with Gasteiger partial charge in [-0.05, 0) is 68.9 Å². The summed E-state index contributed by atoms with van der Waals surface area (Å²) in [6, 6.07) is 1.65. The second kappa shape index (κ2) is 8.21. The Labute approximate surface area is 154 Å². The number of allylic oxidation sites excluding steroid dienone is 2. The Morgan fingerprint density at radius 3 is 2.64 bits per heavy atom. The fourth-order valence-corrected chi connectivity index (χ4v) is 4.41. The van der Waals surface area contributed by atoms with Crippen molar-refractivity contribution in [3.63, 3.8) is 0 Å². The second-order valence-electron chi connectivity index (χ2n) is 7.24. The number of carbonyl (C=O) groups is 1. The van der Waals surface area contributed by atoms with Gasteiger partial charge in [0.15, 0.2) is 0 Å². The Balaban J connectivity index is 1.58. The number of rotatable bonds is 8. The minimum Gasteiger partial charge on any atom is -0.354 e. The van der Waals surface area contributed by atoms with E-state index in [1.54, 1.807) is 11.8 Å². The summed E-state index contributed by atoms with van der Waals surface area (Å²) in [4.78, 5) is 21.6. The summed E-state index contributed by atoms with van der Waals surface area (Å²) >= 11 is 1.75. The van der Waals surface area contributed by atoms with Gasteiger partial charge >= 0.3 is 0 Å². The highest BCUT2D eigenvalue weighted by Crippen LogP contribution is 2.42. The number of fused-ring (bicyclic) bond motifs is 2. The molecule has 1 aromatic heterocycles. The number of nitrogens with zero attached hydrogens (tertiary/aromatic N) is 2. The normalized spacial score (nSPS) is 25.2. The summed E-state index contributed by atoms with van der Waals surface area (Å²) in [5.41, 5.74) is 1.82. The molecule has 5 nitrogen and oxygen atoms in total. The first kappa shape index (κ1) is 18.2. The van der Waals surface area contributed by atoms with Gasteiger partial charge in [0, 0.05) is 17.9 Å². The molecule has 3 rings (SSSR count). The first-order valence-electron chi connectivity index (χ1n) is 9.09. The Morgan fingerprint density at radius 1 is 1.28 bits per heavy atom. The van der Waals surface area contributed by atoms with Crippen LogP contribution in [-0.2, 0) is 4.79 Å². The maximum absolute atomic E-state index is 12.7. The molecule has 0 saturated heterocycles. The van der Waals surface area contributed by atoms with Crippen LogP contribution in [-0.4, -0.2) is 40.5 Å². The molecule has 2 bridgehead atoms. The van der Waals surface area contributed by atoms with Crippen molar-refractivity contribution in [1.82, 2.24) is 15.3 Å². The lowest BCUT2D eigenvalue weighted by Gasteiger charge is -2.22. The minimum atomic E-state index is -0.289. The van der Waals surface area contributed by atoms with Crippen LogP contribution in [0.1, 0.15) is 30.7 Å². The number of thioether (sulfide) groups is 1. The highest BCUT2D eigenvalue weighted by Gasteiger charge is 2.35. The zero-order valence-electron chi connectivity index (χ0n) is 15.3. The number of amides is 1. The third-order valence-corrected chi connectivity index (χ3v) is 5.81. The predicted octanol–water partition coefficient (Wildman–Crippen LogP) is 2.96. The summed E-state index contributed by atoms with van der Waals surface area (Å²) < 4.78 is 0. The van der Waals surface area contributed by atoms with Gasteiger partial charge in [0.05, 0.1) is 0 Å². The summed E-state index contributed by atoms with van der Waals surface area (Å²) in [7, 11) is 0. The zero-order chi connectivity index (χ0) is 17.8. The molecule has 1 aromatic rings. The van der Waals surface area contributed by atoms with E-state index in [1.165, 1.54) is 12.8 Å². The van der Waals surface area contributed by atoms with Gasteiger partial charge in [-0.3, -0.25) is 4.79 Å². The highest BCUT2D eigenvalue weighted by atomic mass is 32.2. The lowest BCUT2D eigenvalue weighted by Crippen LogP contribution is -2.42. The molecule has 0 aromatic carbocycles. The monoisotopic (exact) mass is 360 g/mol. The molecule has 25 heavy (non-hydrogen) atoms. The van der Waals surface area contributed by atoms with Gasteiger partial charge in [-0.25, -0.2) is 9.97 Å². The van der Waals surface area contributed by atoms with Crippen LogP contribution in [0.3, 0.4) is 0 Å². The van der Waals surface area contributed by atoms with E-state index in [2.05, 4.69) is 39.0 Å². The SMILES string of the molecule is CSCC[C@@H](Nc1nc(C)cc(C)n1)C(=O)NC[C@@H]1C[C@H]2C=C[C@H]1C2. The summed E-state index contributed by atoms with van der Waals surface area (Å²) in [6.45, 7) is 4.66. The molecule has 0 unspecified atom stereocenters. The number of anilines is 1. The van der Waals surface area contributed by atoms with Gasteiger partial charge in [-0.2, -0.15) is 11.8 Å². The van der Waals surface area contributed by atoms with Gasteiger partial charge in [0.25, 0.3) is 0 Å². The number of aromatic nitrogens is 2. The van der Waals surface area contributed by atoms with Gasteiger partial charge in [0.2, 0.25) is 11.9 Å².